The number of H-pyrrole nitrogens is 1. The molecule has 0 aliphatic rings. The molecule has 112 valence electrons. The van der Waals surface area contributed by atoms with Crippen LogP contribution in [0.1, 0.15) is 25.8 Å². The molecule has 0 fully saturated rings. The zero-order valence-corrected chi connectivity index (χ0v) is 12.5. The van der Waals surface area contributed by atoms with Crippen LogP contribution in [-0.2, 0) is 6.54 Å². The zero-order chi connectivity index (χ0) is 15.6. The van der Waals surface area contributed by atoms with E-state index in [2.05, 4.69) is 4.98 Å². The highest BCUT2D eigenvalue weighted by Crippen LogP contribution is 2.25. The molecule has 1 heterocycles. The first-order chi connectivity index (χ1) is 9.93. The smallest absolute Gasteiger partial charge is 0.331 e. The molecule has 0 saturated heterocycles. The Morgan fingerprint density at radius 3 is 2.67 bits per heavy atom. The van der Waals surface area contributed by atoms with E-state index >= 15 is 0 Å². The number of hydrogen-bond acceptors (Lipinski definition) is 3. The summed E-state index contributed by atoms with van der Waals surface area (Å²) in [6.45, 7) is 6.28. The number of aromatic amines is 1. The van der Waals surface area contributed by atoms with Crippen LogP contribution in [0, 0.1) is 12.8 Å². The molecule has 2 aromatic rings. The Morgan fingerprint density at radius 1 is 1.33 bits per heavy atom. The van der Waals surface area contributed by atoms with E-state index in [0.29, 0.717) is 12.1 Å². The third-order valence-corrected chi connectivity index (χ3v) is 3.67. The summed E-state index contributed by atoms with van der Waals surface area (Å²) >= 11 is 0. The number of aryl methyl sites for hydroxylation is 1. The molecule has 0 bridgehead atoms. The Morgan fingerprint density at radius 2 is 2.05 bits per heavy atom. The maximum absolute atomic E-state index is 12.1. The molecule has 5 nitrogen and oxygen atoms in total. The lowest BCUT2D eigenvalue weighted by Gasteiger charge is -2.15. The van der Waals surface area contributed by atoms with Crippen molar-refractivity contribution in [3.05, 3.63) is 50.7 Å². The second-order valence-corrected chi connectivity index (χ2v) is 5.45. The van der Waals surface area contributed by atoms with Crippen molar-refractivity contribution in [3.8, 4) is 17.0 Å². The van der Waals surface area contributed by atoms with Crippen LogP contribution in [0.5, 0.6) is 5.88 Å². The Hall–Kier alpha value is -2.30. The van der Waals surface area contributed by atoms with Crippen molar-refractivity contribution in [2.45, 2.75) is 33.7 Å². The van der Waals surface area contributed by atoms with E-state index in [0.717, 1.165) is 12.0 Å². The Balaban J connectivity index is 2.65. The lowest BCUT2D eigenvalue weighted by molar-refractivity contribution is 0.366. The van der Waals surface area contributed by atoms with Gasteiger partial charge >= 0.3 is 5.69 Å². The number of benzene rings is 1. The number of aromatic nitrogens is 2. The zero-order valence-electron chi connectivity index (χ0n) is 12.5. The molecule has 0 spiro atoms. The summed E-state index contributed by atoms with van der Waals surface area (Å²) in [6.07, 6.45) is 0.880. The Bertz CT molecular complexity index is 759. The molecule has 0 saturated carbocycles. The van der Waals surface area contributed by atoms with Gasteiger partial charge in [-0.1, -0.05) is 50.1 Å². The van der Waals surface area contributed by atoms with E-state index in [4.69, 9.17) is 0 Å². The number of rotatable bonds is 4. The van der Waals surface area contributed by atoms with Gasteiger partial charge in [-0.25, -0.2) is 4.79 Å². The molecule has 5 heteroatoms. The summed E-state index contributed by atoms with van der Waals surface area (Å²) in [6, 6.07) is 7.27. The highest BCUT2D eigenvalue weighted by Gasteiger charge is 2.17. The first-order valence-electron chi connectivity index (χ1n) is 7.07. The van der Waals surface area contributed by atoms with Gasteiger partial charge in [0.2, 0.25) is 5.88 Å². The van der Waals surface area contributed by atoms with Crippen LogP contribution >= 0.6 is 0 Å². The van der Waals surface area contributed by atoms with Crippen molar-refractivity contribution in [3.63, 3.8) is 0 Å². The van der Waals surface area contributed by atoms with Crippen molar-refractivity contribution in [2.24, 2.45) is 5.92 Å². The van der Waals surface area contributed by atoms with Crippen LogP contribution in [0.4, 0.5) is 0 Å². The highest BCUT2D eigenvalue weighted by molar-refractivity contribution is 5.67. The predicted molar refractivity (Wildman–Crippen MR) is 82.6 cm³/mol. The Kier molecular flexibility index (Phi) is 4.31. The summed E-state index contributed by atoms with van der Waals surface area (Å²) in [5.74, 6) is -0.0421. The van der Waals surface area contributed by atoms with Gasteiger partial charge in [0.25, 0.3) is 5.56 Å². The van der Waals surface area contributed by atoms with E-state index in [1.807, 2.05) is 39.0 Å². The van der Waals surface area contributed by atoms with Gasteiger partial charge in [0.1, 0.15) is 5.56 Å². The maximum Gasteiger partial charge on any atom is 0.331 e. The van der Waals surface area contributed by atoms with Crippen molar-refractivity contribution >= 4 is 0 Å². The van der Waals surface area contributed by atoms with Crippen molar-refractivity contribution in [2.75, 3.05) is 0 Å². The average Bonchev–Trinajstić information content (AvgIpc) is 2.43. The van der Waals surface area contributed by atoms with E-state index in [9.17, 15) is 14.7 Å². The van der Waals surface area contributed by atoms with E-state index in [1.165, 1.54) is 4.57 Å². The predicted octanol–water partition coefficient (Wildman–Crippen LogP) is 2.26. The van der Waals surface area contributed by atoms with Crippen molar-refractivity contribution < 1.29 is 5.11 Å². The summed E-state index contributed by atoms with van der Waals surface area (Å²) in [4.78, 5) is 26.2. The van der Waals surface area contributed by atoms with Crippen LogP contribution in [0.15, 0.2) is 33.9 Å². The van der Waals surface area contributed by atoms with Gasteiger partial charge in [0.15, 0.2) is 0 Å². The standard InChI is InChI=1S/C16H20N2O3/c1-4-10(2)9-18-15(20)13(14(19)17-16(18)21)12-7-5-6-11(3)8-12/h5-8,10,20H,4,9H2,1-3H3,(H,17,19,21). The second-order valence-electron chi connectivity index (χ2n) is 5.45. The van der Waals surface area contributed by atoms with Gasteiger partial charge in [0, 0.05) is 6.54 Å². The Labute approximate surface area is 122 Å². The minimum atomic E-state index is -0.575. The number of hydrogen-bond donors (Lipinski definition) is 2. The molecule has 2 N–H and O–H groups in total. The monoisotopic (exact) mass is 288 g/mol. The lowest BCUT2D eigenvalue weighted by Crippen LogP contribution is -2.32. The first kappa shape index (κ1) is 15.1. The van der Waals surface area contributed by atoms with Gasteiger partial charge in [-0.15, -0.1) is 0 Å². The molecule has 0 radical (unpaired) electrons. The third-order valence-electron chi connectivity index (χ3n) is 3.67. The third kappa shape index (κ3) is 3.07. The number of nitrogens with one attached hydrogen (secondary N) is 1. The molecule has 0 amide bonds. The van der Waals surface area contributed by atoms with Gasteiger partial charge < -0.3 is 5.11 Å². The van der Waals surface area contributed by atoms with Crippen molar-refractivity contribution in [1.29, 1.82) is 0 Å². The number of aromatic hydroxyl groups is 1. The minimum Gasteiger partial charge on any atom is -0.494 e. The van der Waals surface area contributed by atoms with Crippen molar-refractivity contribution in [1.82, 2.24) is 9.55 Å². The van der Waals surface area contributed by atoms with E-state index in [-0.39, 0.29) is 17.4 Å². The van der Waals surface area contributed by atoms with E-state index < -0.39 is 11.2 Å². The minimum absolute atomic E-state index is 0.140. The quantitative estimate of drug-likeness (QED) is 0.906. The topological polar surface area (TPSA) is 75.1 Å². The molecule has 0 aliphatic heterocycles. The fourth-order valence-electron chi connectivity index (χ4n) is 2.23. The second kappa shape index (κ2) is 5.99. The fraction of sp³-hybridized carbons (Fsp3) is 0.375. The summed E-state index contributed by atoms with van der Waals surface area (Å²) in [5, 5.41) is 10.4. The lowest BCUT2D eigenvalue weighted by atomic mass is 10.1. The molecular weight excluding hydrogens is 268 g/mol. The molecule has 1 unspecified atom stereocenters. The molecule has 1 aromatic carbocycles. The molecule has 1 aromatic heterocycles. The van der Waals surface area contributed by atoms with Crippen LogP contribution < -0.4 is 11.2 Å². The van der Waals surface area contributed by atoms with Crippen LogP contribution in [0.2, 0.25) is 0 Å². The molecule has 0 aliphatic carbocycles. The summed E-state index contributed by atoms with van der Waals surface area (Å²) < 4.78 is 1.23. The summed E-state index contributed by atoms with van der Waals surface area (Å²) in [5.41, 5.74) is 0.580. The van der Waals surface area contributed by atoms with E-state index in [1.54, 1.807) is 6.07 Å². The van der Waals surface area contributed by atoms with Gasteiger partial charge in [-0.3, -0.25) is 14.3 Å². The molecule has 21 heavy (non-hydrogen) atoms. The highest BCUT2D eigenvalue weighted by atomic mass is 16.3. The summed E-state index contributed by atoms with van der Waals surface area (Å²) in [7, 11) is 0. The average molecular weight is 288 g/mol. The number of nitrogens with zero attached hydrogens (tertiary/aromatic N) is 1. The molecular formula is C16H20N2O3. The largest absolute Gasteiger partial charge is 0.494 e. The van der Waals surface area contributed by atoms with Gasteiger partial charge in [0.05, 0.1) is 0 Å². The fourth-order valence-corrected chi connectivity index (χ4v) is 2.23. The SMILES string of the molecule is CCC(C)Cn1c(O)c(-c2cccc(C)c2)c(=O)[nH]c1=O. The van der Waals surface area contributed by atoms with Gasteiger partial charge in [-0.05, 0) is 18.4 Å². The van der Waals surface area contributed by atoms with Crippen LogP contribution in [0.25, 0.3) is 11.1 Å². The normalized spacial score (nSPS) is 12.3. The molecule has 2 rings (SSSR count). The first-order valence-corrected chi connectivity index (χ1v) is 7.07. The maximum atomic E-state index is 12.1. The van der Waals surface area contributed by atoms with Crippen LogP contribution in [-0.4, -0.2) is 14.7 Å². The van der Waals surface area contributed by atoms with Crippen LogP contribution in [0.3, 0.4) is 0 Å². The molecule has 1 atom stereocenters. The van der Waals surface area contributed by atoms with Gasteiger partial charge in [-0.2, -0.15) is 0 Å².